The highest BCUT2D eigenvalue weighted by atomic mass is 19.4. The first-order valence-electron chi connectivity index (χ1n) is 7.59. The van der Waals surface area contributed by atoms with E-state index in [2.05, 4.69) is 22.3 Å². The molecule has 0 unspecified atom stereocenters. The second-order valence-corrected chi connectivity index (χ2v) is 5.67. The van der Waals surface area contributed by atoms with E-state index in [1.54, 1.807) is 0 Å². The zero-order valence-electron chi connectivity index (χ0n) is 12.2. The summed E-state index contributed by atoms with van der Waals surface area (Å²) in [4.78, 5) is 2.40. The number of hydrogen-bond donors (Lipinski definition) is 1. The minimum absolute atomic E-state index is 0.0399. The largest absolute Gasteiger partial charge is 0.390 e. The maximum atomic E-state index is 12.1. The lowest BCUT2D eigenvalue weighted by atomic mass is 10.0. The van der Waals surface area contributed by atoms with Crippen molar-refractivity contribution < 1.29 is 13.2 Å². The molecule has 0 bridgehead atoms. The summed E-state index contributed by atoms with van der Waals surface area (Å²) >= 11 is 0. The Hall–Kier alpha value is -1.07. The van der Waals surface area contributed by atoms with Gasteiger partial charge in [0.25, 0.3) is 0 Å². The number of likely N-dealkylation sites (tertiary alicyclic amines) is 1. The van der Waals surface area contributed by atoms with Crippen LogP contribution in [0.3, 0.4) is 0 Å². The van der Waals surface area contributed by atoms with Crippen molar-refractivity contribution in [2.24, 2.45) is 0 Å². The third-order valence-corrected chi connectivity index (χ3v) is 3.99. The Morgan fingerprint density at radius 1 is 1.10 bits per heavy atom. The molecule has 0 radical (unpaired) electrons. The van der Waals surface area contributed by atoms with Crippen LogP contribution >= 0.6 is 0 Å². The Labute approximate surface area is 124 Å². The molecule has 0 amide bonds. The molecule has 0 spiro atoms. The number of nitrogens with zero attached hydrogens (tertiary/aromatic N) is 1. The summed E-state index contributed by atoms with van der Waals surface area (Å²) in [5, 5.41) is 3.03. The molecule has 1 aromatic rings. The Balaban J connectivity index is 1.60. The predicted molar refractivity (Wildman–Crippen MR) is 78.3 cm³/mol. The maximum absolute atomic E-state index is 12.1. The molecule has 1 N–H and O–H groups in total. The highest BCUT2D eigenvalue weighted by Gasteiger charge is 2.27. The molecule has 2 nitrogen and oxygen atoms in total. The normalized spacial score (nSPS) is 18.0. The van der Waals surface area contributed by atoms with E-state index in [4.69, 9.17) is 0 Å². The number of rotatable bonds is 6. The molecule has 21 heavy (non-hydrogen) atoms. The van der Waals surface area contributed by atoms with Gasteiger partial charge in [-0.05, 0) is 37.9 Å². The van der Waals surface area contributed by atoms with Crippen molar-refractivity contribution >= 4 is 0 Å². The number of hydrogen-bond acceptors (Lipinski definition) is 2. The van der Waals surface area contributed by atoms with Crippen molar-refractivity contribution in [1.29, 1.82) is 0 Å². The molecule has 1 aromatic carbocycles. The average molecular weight is 300 g/mol. The van der Waals surface area contributed by atoms with Crippen molar-refractivity contribution in [2.75, 3.05) is 26.2 Å². The molecule has 118 valence electrons. The number of halogens is 3. The predicted octanol–water partition coefficient (Wildman–Crippen LogP) is 3.24. The smallest absolute Gasteiger partial charge is 0.314 e. The van der Waals surface area contributed by atoms with Gasteiger partial charge in [-0.15, -0.1) is 0 Å². The Bertz CT molecular complexity index is 398. The second kappa shape index (κ2) is 7.80. The number of benzene rings is 1. The summed E-state index contributed by atoms with van der Waals surface area (Å²) in [6.07, 6.45) is -1.88. The minimum Gasteiger partial charge on any atom is -0.314 e. The highest BCUT2D eigenvalue weighted by molar-refractivity contribution is 5.14. The van der Waals surface area contributed by atoms with Gasteiger partial charge in [-0.1, -0.05) is 30.3 Å². The molecule has 0 saturated carbocycles. The lowest BCUT2D eigenvalue weighted by Crippen LogP contribution is -2.43. The second-order valence-electron chi connectivity index (χ2n) is 5.67. The minimum atomic E-state index is -4.05. The third kappa shape index (κ3) is 6.48. The monoisotopic (exact) mass is 300 g/mol. The fourth-order valence-electron chi connectivity index (χ4n) is 2.71. The molecule has 1 heterocycles. The standard InChI is InChI=1S/C16H23F3N2/c17-16(18,19)9-10-20-15-7-12-21(13-8-15)11-6-14-4-2-1-3-5-14/h1-5,15,20H,6-13H2. The van der Waals surface area contributed by atoms with E-state index < -0.39 is 12.6 Å². The summed E-state index contributed by atoms with van der Waals surface area (Å²) in [6, 6.07) is 10.6. The van der Waals surface area contributed by atoms with E-state index >= 15 is 0 Å². The molecular weight excluding hydrogens is 277 g/mol. The molecule has 5 heteroatoms. The quantitative estimate of drug-likeness (QED) is 0.867. The molecule has 1 aliphatic rings. The van der Waals surface area contributed by atoms with Gasteiger partial charge in [-0.3, -0.25) is 0 Å². The van der Waals surface area contributed by atoms with Crippen LogP contribution in [-0.2, 0) is 6.42 Å². The Morgan fingerprint density at radius 2 is 1.76 bits per heavy atom. The van der Waals surface area contributed by atoms with Gasteiger partial charge >= 0.3 is 6.18 Å². The van der Waals surface area contributed by atoms with E-state index in [1.165, 1.54) is 5.56 Å². The summed E-state index contributed by atoms with van der Waals surface area (Å²) in [5.41, 5.74) is 1.34. The van der Waals surface area contributed by atoms with Crippen molar-refractivity contribution in [2.45, 2.75) is 37.9 Å². The zero-order valence-corrected chi connectivity index (χ0v) is 12.2. The third-order valence-electron chi connectivity index (χ3n) is 3.99. The van der Waals surface area contributed by atoms with Gasteiger partial charge in [0, 0.05) is 19.1 Å². The van der Waals surface area contributed by atoms with Crippen LogP contribution in [-0.4, -0.2) is 43.3 Å². The van der Waals surface area contributed by atoms with E-state index in [9.17, 15) is 13.2 Å². The molecule has 2 rings (SSSR count). The van der Waals surface area contributed by atoms with Gasteiger partial charge in [0.05, 0.1) is 6.42 Å². The highest BCUT2D eigenvalue weighted by Crippen LogP contribution is 2.19. The average Bonchev–Trinajstić information content (AvgIpc) is 2.46. The van der Waals surface area contributed by atoms with Gasteiger partial charge in [0.1, 0.15) is 0 Å². The van der Waals surface area contributed by atoms with Crippen LogP contribution in [0.4, 0.5) is 13.2 Å². The molecule has 0 aromatic heterocycles. The molecule has 0 aliphatic carbocycles. The molecule has 1 aliphatic heterocycles. The first-order chi connectivity index (χ1) is 10.0. The van der Waals surface area contributed by atoms with Gasteiger partial charge in [0.15, 0.2) is 0 Å². The van der Waals surface area contributed by atoms with Crippen LogP contribution in [0.15, 0.2) is 30.3 Å². The summed E-state index contributed by atoms with van der Waals surface area (Å²) in [6.45, 7) is 3.00. The fraction of sp³-hybridized carbons (Fsp3) is 0.625. The van der Waals surface area contributed by atoms with Gasteiger partial charge in [0.2, 0.25) is 0 Å². The van der Waals surface area contributed by atoms with Crippen LogP contribution < -0.4 is 5.32 Å². The van der Waals surface area contributed by atoms with Crippen molar-refractivity contribution in [3.05, 3.63) is 35.9 Å². The number of alkyl halides is 3. The van der Waals surface area contributed by atoms with Crippen molar-refractivity contribution in [3.8, 4) is 0 Å². The Morgan fingerprint density at radius 3 is 2.38 bits per heavy atom. The molecule has 1 saturated heterocycles. The van der Waals surface area contributed by atoms with E-state index in [1.807, 2.05) is 18.2 Å². The van der Waals surface area contributed by atoms with Crippen LogP contribution in [0.25, 0.3) is 0 Å². The van der Waals surface area contributed by atoms with Crippen molar-refractivity contribution in [3.63, 3.8) is 0 Å². The first-order valence-corrected chi connectivity index (χ1v) is 7.59. The SMILES string of the molecule is FC(F)(F)CCNC1CCN(CCc2ccccc2)CC1. The molecule has 1 fully saturated rings. The van der Waals surface area contributed by atoms with Crippen LogP contribution in [0, 0.1) is 0 Å². The zero-order chi connectivity index (χ0) is 15.1. The van der Waals surface area contributed by atoms with Gasteiger partial charge in [-0.25, -0.2) is 0 Å². The summed E-state index contributed by atoms with van der Waals surface area (Å²) in [5.74, 6) is 0. The van der Waals surface area contributed by atoms with Crippen LogP contribution in [0.5, 0.6) is 0 Å². The van der Waals surface area contributed by atoms with Gasteiger partial charge < -0.3 is 10.2 Å². The number of piperidine rings is 1. The topological polar surface area (TPSA) is 15.3 Å². The number of nitrogens with one attached hydrogen (secondary N) is 1. The van der Waals surface area contributed by atoms with E-state index in [0.717, 1.165) is 38.9 Å². The fourth-order valence-corrected chi connectivity index (χ4v) is 2.71. The maximum Gasteiger partial charge on any atom is 0.390 e. The van der Waals surface area contributed by atoms with E-state index in [0.29, 0.717) is 0 Å². The van der Waals surface area contributed by atoms with Crippen LogP contribution in [0.2, 0.25) is 0 Å². The lowest BCUT2D eigenvalue weighted by molar-refractivity contribution is -0.133. The lowest BCUT2D eigenvalue weighted by Gasteiger charge is -2.32. The summed E-state index contributed by atoms with van der Waals surface area (Å²) < 4.78 is 36.3. The van der Waals surface area contributed by atoms with Gasteiger partial charge in [-0.2, -0.15) is 13.2 Å². The van der Waals surface area contributed by atoms with Crippen LogP contribution in [0.1, 0.15) is 24.8 Å². The molecule has 0 atom stereocenters. The summed E-state index contributed by atoms with van der Waals surface area (Å²) in [7, 11) is 0. The van der Waals surface area contributed by atoms with E-state index in [-0.39, 0.29) is 12.6 Å². The molecular formula is C16H23F3N2. The Kier molecular flexibility index (Phi) is 6.06. The first kappa shape index (κ1) is 16.3. The van der Waals surface area contributed by atoms with Crippen molar-refractivity contribution in [1.82, 2.24) is 10.2 Å².